The monoisotopic (exact) mass is 154 g/mol. The van der Waals surface area contributed by atoms with Crippen LogP contribution < -0.4 is 5.32 Å². The molecule has 1 heterocycles. The lowest BCUT2D eigenvalue weighted by molar-refractivity contribution is -0.140. The average Bonchev–Trinajstić information content (AvgIpc) is 1.97. The second-order valence-electron chi connectivity index (χ2n) is 2.56. The Kier molecular flexibility index (Phi) is 1.68. The van der Waals surface area contributed by atoms with Crippen molar-refractivity contribution < 1.29 is 9.59 Å². The summed E-state index contributed by atoms with van der Waals surface area (Å²) in [6, 6.07) is -0.395. The van der Waals surface area contributed by atoms with Crippen LogP contribution >= 0.6 is 0 Å². The van der Waals surface area contributed by atoms with Crippen LogP contribution in [0.5, 0.6) is 0 Å². The van der Waals surface area contributed by atoms with Crippen molar-refractivity contribution in [3.05, 3.63) is 12.3 Å². The molecule has 0 aromatic rings. The van der Waals surface area contributed by atoms with Gasteiger partial charge in [0.15, 0.2) is 0 Å². The number of piperazine rings is 1. The summed E-state index contributed by atoms with van der Waals surface area (Å²) in [6.07, 6.45) is 0. The van der Waals surface area contributed by atoms with E-state index in [-0.39, 0.29) is 17.5 Å². The van der Waals surface area contributed by atoms with E-state index in [1.807, 2.05) is 0 Å². The quantitative estimate of drug-likeness (QED) is 0.477. The number of nitrogens with one attached hydrogen (secondary N) is 1. The number of nitrogens with zero attached hydrogens (tertiary/aromatic N) is 1. The van der Waals surface area contributed by atoms with Crippen LogP contribution in [0, 0.1) is 0 Å². The first-order chi connectivity index (χ1) is 5.04. The molecule has 0 spiro atoms. The zero-order chi connectivity index (χ0) is 8.59. The van der Waals surface area contributed by atoms with Crippen molar-refractivity contribution >= 4 is 11.8 Å². The first kappa shape index (κ1) is 7.78. The number of likely N-dealkylation sites (N-methyl/N-ethyl adjacent to an activating group) is 1. The molecule has 1 aliphatic heterocycles. The molecule has 0 bridgehead atoms. The predicted molar refractivity (Wildman–Crippen MR) is 39.5 cm³/mol. The Bertz CT molecular complexity index is 235. The highest BCUT2D eigenvalue weighted by Gasteiger charge is 2.30. The van der Waals surface area contributed by atoms with Crippen molar-refractivity contribution in [1.29, 1.82) is 0 Å². The number of carbonyl (C=O) groups excluding carboxylic acids is 2. The van der Waals surface area contributed by atoms with Gasteiger partial charge in [-0.2, -0.15) is 0 Å². The third kappa shape index (κ3) is 1.11. The summed E-state index contributed by atoms with van der Waals surface area (Å²) in [5.41, 5.74) is 0.149. The van der Waals surface area contributed by atoms with Gasteiger partial charge in [-0.25, -0.2) is 0 Å². The predicted octanol–water partition coefficient (Wildman–Crippen LogP) is -0.523. The molecule has 0 aromatic carbocycles. The van der Waals surface area contributed by atoms with Crippen LogP contribution in [0.2, 0.25) is 0 Å². The lowest BCUT2D eigenvalue weighted by Crippen LogP contribution is -2.53. The van der Waals surface area contributed by atoms with Crippen LogP contribution in [0.25, 0.3) is 0 Å². The standard InChI is InChI=1S/C7H10N2O2/c1-4-7(11)9(3)5(2)6(10)8-4/h5H,1H2,2-3H3,(H,8,10). The van der Waals surface area contributed by atoms with E-state index in [4.69, 9.17) is 0 Å². The molecular formula is C7H10N2O2. The van der Waals surface area contributed by atoms with Crippen LogP contribution in [-0.4, -0.2) is 29.8 Å². The molecule has 1 rings (SSSR count). The molecule has 0 aliphatic carbocycles. The topological polar surface area (TPSA) is 49.4 Å². The molecule has 0 aromatic heterocycles. The van der Waals surface area contributed by atoms with Gasteiger partial charge in [0.25, 0.3) is 5.91 Å². The van der Waals surface area contributed by atoms with Gasteiger partial charge in [-0.15, -0.1) is 0 Å². The van der Waals surface area contributed by atoms with Crippen molar-refractivity contribution in [3.63, 3.8) is 0 Å². The zero-order valence-corrected chi connectivity index (χ0v) is 6.55. The van der Waals surface area contributed by atoms with Crippen LogP contribution in [0.4, 0.5) is 0 Å². The Morgan fingerprint density at radius 3 is 2.64 bits per heavy atom. The van der Waals surface area contributed by atoms with Gasteiger partial charge in [0.2, 0.25) is 5.91 Å². The minimum Gasteiger partial charge on any atom is -0.329 e. The van der Waals surface area contributed by atoms with Crippen LogP contribution in [0.1, 0.15) is 6.92 Å². The highest BCUT2D eigenvalue weighted by molar-refractivity contribution is 6.03. The summed E-state index contributed by atoms with van der Waals surface area (Å²) in [6.45, 7) is 5.07. The fraction of sp³-hybridized carbons (Fsp3) is 0.429. The third-order valence-electron chi connectivity index (χ3n) is 1.81. The van der Waals surface area contributed by atoms with Gasteiger partial charge in [-0.1, -0.05) is 6.58 Å². The normalized spacial score (nSPS) is 25.5. The molecule has 1 atom stereocenters. The second-order valence-corrected chi connectivity index (χ2v) is 2.56. The summed E-state index contributed by atoms with van der Waals surface area (Å²) in [7, 11) is 1.58. The van der Waals surface area contributed by atoms with E-state index in [0.29, 0.717) is 0 Å². The maximum Gasteiger partial charge on any atom is 0.270 e. The van der Waals surface area contributed by atoms with Gasteiger partial charge in [-0.05, 0) is 6.92 Å². The van der Waals surface area contributed by atoms with Crippen molar-refractivity contribution in [2.24, 2.45) is 0 Å². The second kappa shape index (κ2) is 2.38. The van der Waals surface area contributed by atoms with Gasteiger partial charge in [0, 0.05) is 7.05 Å². The molecule has 2 amide bonds. The Morgan fingerprint density at radius 1 is 1.55 bits per heavy atom. The summed E-state index contributed by atoms with van der Waals surface area (Å²) >= 11 is 0. The SMILES string of the molecule is C=C1NC(=O)C(C)N(C)C1=O. The smallest absolute Gasteiger partial charge is 0.270 e. The molecule has 11 heavy (non-hydrogen) atoms. The third-order valence-corrected chi connectivity index (χ3v) is 1.81. The van der Waals surface area contributed by atoms with E-state index in [0.717, 1.165) is 0 Å². The maximum absolute atomic E-state index is 11.1. The largest absolute Gasteiger partial charge is 0.329 e. The Hall–Kier alpha value is -1.32. The van der Waals surface area contributed by atoms with Gasteiger partial charge < -0.3 is 10.2 Å². The minimum absolute atomic E-state index is 0.149. The number of hydrogen-bond acceptors (Lipinski definition) is 2. The summed E-state index contributed by atoms with van der Waals surface area (Å²) in [4.78, 5) is 23.4. The van der Waals surface area contributed by atoms with Crippen molar-refractivity contribution in [2.45, 2.75) is 13.0 Å². The molecule has 1 N–H and O–H groups in total. The average molecular weight is 154 g/mol. The van der Waals surface area contributed by atoms with Crippen molar-refractivity contribution in [2.75, 3.05) is 7.05 Å². The molecule has 0 saturated carbocycles. The van der Waals surface area contributed by atoms with Gasteiger partial charge in [0.1, 0.15) is 6.04 Å². The number of rotatable bonds is 0. The molecule has 1 unspecified atom stereocenters. The zero-order valence-electron chi connectivity index (χ0n) is 6.55. The molecule has 1 saturated heterocycles. The highest BCUT2D eigenvalue weighted by atomic mass is 16.2. The van der Waals surface area contributed by atoms with Crippen LogP contribution in [0.15, 0.2) is 12.3 Å². The molecular weight excluding hydrogens is 144 g/mol. The van der Waals surface area contributed by atoms with Crippen molar-refractivity contribution in [3.8, 4) is 0 Å². The highest BCUT2D eigenvalue weighted by Crippen LogP contribution is 2.06. The number of amides is 2. The van der Waals surface area contributed by atoms with E-state index in [2.05, 4.69) is 11.9 Å². The Morgan fingerprint density at radius 2 is 2.09 bits per heavy atom. The number of carbonyl (C=O) groups is 2. The molecule has 4 nitrogen and oxygen atoms in total. The van der Waals surface area contributed by atoms with Gasteiger partial charge >= 0.3 is 0 Å². The van der Waals surface area contributed by atoms with E-state index in [1.165, 1.54) is 4.90 Å². The first-order valence-corrected chi connectivity index (χ1v) is 3.31. The van der Waals surface area contributed by atoms with E-state index in [1.54, 1.807) is 14.0 Å². The first-order valence-electron chi connectivity index (χ1n) is 3.31. The van der Waals surface area contributed by atoms with Crippen LogP contribution in [0.3, 0.4) is 0 Å². The lowest BCUT2D eigenvalue weighted by atomic mass is 10.2. The van der Waals surface area contributed by atoms with Gasteiger partial charge in [-0.3, -0.25) is 9.59 Å². The lowest BCUT2D eigenvalue weighted by Gasteiger charge is -2.29. The molecule has 0 radical (unpaired) electrons. The van der Waals surface area contributed by atoms with Gasteiger partial charge in [0.05, 0.1) is 5.70 Å². The molecule has 1 aliphatic rings. The Balaban J connectivity index is 2.87. The molecule has 4 heteroatoms. The van der Waals surface area contributed by atoms with E-state index < -0.39 is 6.04 Å². The molecule has 60 valence electrons. The van der Waals surface area contributed by atoms with Crippen LogP contribution in [-0.2, 0) is 9.59 Å². The minimum atomic E-state index is -0.395. The summed E-state index contributed by atoms with van der Waals surface area (Å²) in [5.74, 6) is -0.408. The summed E-state index contributed by atoms with van der Waals surface area (Å²) in [5, 5.41) is 2.38. The van der Waals surface area contributed by atoms with E-state index >= 15 is 0 Å². The Labute approximate surface area is 64.9 Å². The molecule has 1 fully saturated rings. The maximum atomic E-state index is 11.1. The van der Waals surface area contributed by atoms with Crippen molar-refractivity contribution in [1.82, 2.24) is 10.2 Å². The van der Waals surface area contributed by atoms with E-state index in [9.17, 15) is 9.59 Å². The number of hydrogen-bond donors (Lipinski definition) is 1. The fourth-order valence-corrected chi connectivity index (χ4v) is 0.871. The summed E-state index contributed by atoms with van der Waals surface area (Å²) < 4.78 is 0. The fourth-order valence-electron chi connectivity index (χ4n) is 0.871.